The van der Waals surface area contributed by atoms with Gasteiger partial charge in [-0.2, -0.15) is 0 Å². The number of benzene rings is 2. The number of hydrogen-bond acceptors (Lipinski definition) is 4. The first kappa shape index (κ1) is 23.0. The molecule has 2 aliphatic rings. The summed E-state index contributed by atoms with van der Waals surface area (Å²) < 4.78 is 5.64. The van der Waals surface area contributed by atoms with Gasteiger partial charge in [0.05, 0.1) is 12.2 Å². The molecule has 0 saturated heterocycles. The summed E-state index contributed by atoms with van der Waals surface area (Å²) in [5.74, 6) is -0.274. The van der Waals surface area contributed by atoms with Gasteiger partial charge in [-0.05, 0) is 48.3 Å². The van der Waals surface area contributed by atoms with E-state index in [2.05, 4.69) is 48.6 Å². The van der Waals surface area contributed by atoms with Gasteiger partial charge < -0.3 is 10.1 Å². The fourth-order valence-electron chi connectivity index (χ4n) is 4.87. The molecule has 172 valence electrons. The largest absolute Gasteiger partial charge is 0.462 e. The van der Waals surface area contributed by atoms with Crippen LogP contribution in [0.1, 0.15) is 69.1 Å². The van der Waals surface area contributed by atoms with Gasteiger partial charge in [0, 0.05) is 29.3 Å². The first-order valence-corrected chi connectivity index (χ1v) is 11.9. The van der Waals surface area contributed by atoms with Gasteiger partial charge in [0.15, 0.2) is 5.78 Å². The summed E-state index contributed by atoms with van der Waals surface area (Å²) >= 11 is 0. The summed E-state index contributed by atoms with van der Waals surface area (Å²) in [6.07, 6.45) is 2.14. The van der Waals surface area contributed by atoms with Crippen LogP contribution in [0.5, 0.6) is 0 Å². The van der Waals surface area contributed by atoms with Crippen molar-refractivity contribution in [1.29, 1.82) is 0 Å². The highest BCUT2D eigenvalue weighted by molar-refractivity contribution is 6.04. The maximum atomic E-state index is 13.6. The highest BCUT2D eigenvalue weighted by atomic mass is 16.5. The molecule has 1 heterocycles. The van der Waals surface area contributed by atoms with E-state index < -0.39 is 5.92 Å². The maximum Gasteiger partial charge on any atom is 0.336 e. The third kappa shape index (κ3) is 4.80. The molecule has 4 rings (SSSR count). The summed E-state index contributed by atoms with van der Waals surface area (Å²) in [5.41, 5.74) is 6.33. The number of Topliss-reactive ketones (excluding diaryl/α,β-unsaturated/α-hetero) is 1. The molecule has 0 radical (unpaired) electrons. The van der Waals surface area contributed by atoms with E-state index in [0.29, 0.717) is 24.2 Å². The van der Waals surface area contributed by atoms with Gasteiger partial charge in [-0.25, -0.2) is 4.79 Å². The molecule has 1 aliphatic carbocycles. The van der Waals surface area contributed by atoms with Gasteiger partial charge in [-0.15, -0.1) is 0 Å². The lowest BCUT2D eigenvalue weighted by Gasteiger charge is -2.36. The highest BCUT2D eigenvalue weighted by Gasteiger charge is 2.41. The number of ketones is 1. The van der Waals surface area contributed by atoms with E-state index in [1.54, 1.807) is 0 Å². The molecular weight excluding hydrogens is 410 g/mol. The molecule has 2 aromatic carbocycles. The molecule has 2 atom stereocenters. The van der Waals surface area contributed by atoms with Gasteiger partial charge in [0.1, 0.15) is 0 Å². The van der Waals surface area contributed by atoms with Crippen molar-refractivity contribution in [3.63, 3.8) is 0 Å². The van der Waals surface area contributed by atoms with Crippen LogP contribution in [-0.2, 0) is 20.7 Å². The van der Waals surface area contributed by atoms with Crippen molar-refractivity contribution in [2.45, 2.75) is 58.8 Å². The van der Waals surface area contributed by atoms with E-state index in [1.807, 2.05) is 39.0 Å². The number of aryl methyl sites for hydroxylation is 1. The minimum atomic E-state index is -0.406. The van der Waals surface area contributed by atoms with Gasteiger partial charge in [0.25, 0.3) is 0 Å². The van der Waals surface area contributed by atoms with Crippen molar-refractivity contribution in [2.24, 2.45) is 5.92 Å². The minimum Gasteiger partial charge on any atom is -0.462 e. The van der Waals surface area contributed by atoms with Crippen LogP contribution in [0, 0.1) is 5.92 Å². The lowest BCUT2D eigenvalue weighted by Crippen LogP contribution is -2.36. The Morgan fingerprint density at radius 3 is 2.36 bits per heavy atom. The number of allylic oxidation sites excluding steroid dienone is 3. The summed E-state index contributed by atoms with van der Waals surface area (Å²) in [6, 6.07) is 18.5. The number of hydrogen-bond donors (Lipinski definition) is 1. The van der Waals surface area contributed by atoms with Crippen molar-refractivity contribution in [2.75, 3.05) is 6.61 Å². The third-order valence-corrected chi connectivity index (χ3v) is 6.59. The zero-order chi connectivity index (χ0) is 23.5. The van der Waals surface area contributed by atoms with Crippen LogP contribution >= 0.6 is 0 Å². The monoisotopic (exact) mass is 443 g/mol. The van der Waals surface area contributed by atoms with Crippen LogP contribution in [-0.4, -0.2) is 18.4 Å². The predicted octanol–water partition coefficient (Wildman–Crippen LogP) is 5.81. The van der Waals surface area contributed by atoms with E-state index in [0.717, 1.165) is 29.8 Å². The van der Waals surface area contributed by atoms with Crippen molar-refractivity contribution < 1.29 is 14.3 Å². The van der Waals surface area contributed by atoms with E-state index in [-0.39, 0.29) is 23.6 Å². The molecule has 33 heavy (non-hydrogen) atoms. The molecule has 1 aliphatic heterocycles. The number of nitrogens with one attached hydrogen (secondary N) is 1. The predicted molar refractivity (Wildman–Crippen MR) is 131 cm³/mol. The van der Waals surface area contributed by atoms with E-state index in [9.17, 15) is 9.59 Å². The average Bonchev–Trinajstić information content (AvgIpc) is 2.82. The Bertz CT molecular complexity index is 1090. The van der Waals surface area contributed by atoms with Crippen molar-refractivity contribution in [3.8, 4) is 0 Å². The smallest absolute Gasteiger partial charge is 0.336 e. The fraction of sp³-hybridized carbons (Fsp3) is 0.379. The lowest BCUT2D eigenvalue weighted by molar-refractivity contribution is -0.140. The maximum absolute atomic E-state index is 13.6. The third-order valence-electron chi connectivity index (χ3n) is 6.59. The second kappa shape index (κ2) is 9.78. The molecule has 0 fully saturated rings. The highest BCUT2D eigenvalue weighted by Crippen LogP contribution is 2.45. The molecule has 0 saturated carbocycles. The van der Waals surface area contributed by atoms with Gasteiger partial charge in [-0.3, -0.25) is 4.79 Å². The zero-order valence-electron chi connectivity index (χ0n) is 20.0. The Hall–Kier alpha value is -3.14. The minimum absolute atomic E-state index is 0.101. The van der Waals surface area contributed by atoms with Gasteiger partial charge in [0.2, 0.25) is 0 Å². The Morgan fingerprint density at radius 2 is 1.73 bits per heavy atom. The summed E-state index contributed by atoms with van der Waals surface area (Å²) in [4.78, 5) is 26.8. The van der Waals surface area contributed by atoms with Crippen molar-refractivity contribution in [1.82, 2.24) is 5.32 Å². The lowest BCUT2D eigenvalue weighted by atomic mass is 9.71. The fourth-order valence-corrected chi connectivity index (χ4v) is 4.87. The van der Waals surface area contributed by atoms with Crippen LogP contribution in [0.2, 0.25) is 0 Å². The van der Waals surface area contributed by atoms with Crippen LogP contribution in [0.15, 0.2) is 77.1 Å². The molecule has 0 aromatic heterocycles. The van der Waals surface area contributed by atoms with Crippen LogP contribution in [0.4, 0.5) is 0 Å². The summed E-state index contributed by atoms with van der Waals surface area (Å²) in [7, 11) is 0. The number of esters is 1. The Balaban J connectivity index is 1.76. The SMILES string of the molecule is CCc1ccc([C@H]2C(C(=O)OCC(C)C)=C(C)NC3=C2C(=O)C[C@H](c2ccccc2)C3)cc1. The molecule has 0 spiro atoms. The molecule has 0 unspecified atom stereocenters. The number of dihydropyridines is 1. The standard InChI is InChI=1S/C29H33NO3/c1-5-20-11-13-22(14-12-20)27-26(29(32)33-17-18(2)3)19(4)30-24-15-23(16-25(31)28(24)27)21-9-7-6-8-10-21/h6-14,18,23,27,30H,5,15-17H2,1-4H3/t23-,27+/m1/s1. The normalized spacial score (nSPS) is 20.6. The van der Waals surface area contributed by atoms with Crippen molar-refractivity contribution in [3.05, 3.63) is 93.8 Å². The Kier molecular flexibility index (Phi) is 6.83. The summed E-state index contributed by atoms with van der Waals surface area (Å²) in [5, 5.41) is 3.43. The second-order valence-corrected chi connectivity index (χ2v) is 9.52. The molecule has 2 aromatic rings. The number of carbonyl (C=O) groups is 2. The first-order valence-electron chi connectivity index (χ1n) is 11.9. The van der Waals surface area contributed by atoms with Crippen LogP contribution < -0.4 is 5.32 Å². The second-order valence-electron chi connectivity index (χ2n) is 9.52. The number of rotatable bonds is 6. The van der Waals surface area contributed by atoms with Crippen molar-refractivity contribution >= 4 is 11.8 Å². The quantitative estimate of drug-likeness (QED) is 0.573. The zero-order valence-corrected chi connectivity index (χ0v) is 20.0. The number of carbonyl (C=O) groups excluding carboxylic acids is 2. The molecule has 0 bridgehead atoms. The van der Waals surface area contributed by atoms with Gasteiger partial charge >= 0.3 is 5.97 Å². The van der Waals surface area contributed by atoms with Crippen LogP contribution in [0.25, 0.3) is 0 Å². The molecule has 1 N–H and O–H groups in total. The van der Waals surface area contributed by atoms with E-state index in [1.165, 1.54) is 11.1 Å². The van der Waals surface area contributed by atoms with E-state index >= 15 is 0 Å². The van der Waals surface area contributed by atoms with E-state index in [4.69, 9.17) is 4.74 Å². The summed E-state index contributed by atoms with van der Waals surface area (Å²) in [6.45, 7) is 8.42. The molecule has 4 heteroatoms. The molecular formula is C29H33NO3. The molecule has 4 nitrogen and oxygen atoms in total. The van der Waals surface area contributed by atoms with Gasteiger partial charge in [-0.1, -0.05) is 75.4 Å². The molecule has 0 amide bonds. The first-order chi connectivity index (χ1) is 15.9. The number of ether oxygens (including phenoxy) is 1. The Morgan fingerprint density at radius 1 is 1.03 bits per heavy atom. The average molecular weight is 444 g/mol. The van der Waals surface area contributed by atoms with Crippen LogP contribution in [0.3, 0.4) is 0 Å². The Labute approximate surface area is 196 Å². The topological polar surface area (TPSA) is 55.4 Å².